The second-order valence-electron chi connectivity index (χ2n) is 10.2. The van der Waals surface area contributed by atoms with Gasteiger partial charge in [0.1, 0.15) is 11.7 Å². The lowest BCUT2D eigenvalue weighted by Crippen LogP contribution is -2.65. The number of nitrogen functional groups attached to an aromatic ring is 3. The zero-order chi connectivity index (χ0) is 34.0. The van der Waals surface area contributed by atoms with E-state index in [1.165, 1.54) is 35.6 Å². The van der Waals surface area contributed by atoms with Crippen LogP contribution in [0.5, 0.6) is 11.5 Å². The number of thioether (sulfide) groups is 1. The summed E-state index contributed by atoms with van der Waals surface area (Å²) in [6, 6.07) is 3.57. The van der Waals surface area contributed by atoms with Crippen molar-refractivity contribution in [3.05, 3.63) is 70.5 Å². The number of rotatable bonds is 11. The summed E-state index contributed by atoms with van der Waals surface area (Å²) in [7, 11) is 0. The SMILES string of the molecule is Nc1cc(N)[n+](C/C=C/C2=C(C(=O)O)C3C(=O)[C@@H](NC(=O)/C(=N\O[C@H](C(=O)O)c4ccc(O)c(O)c4)c4csc(N)n4)[C@H]3SC2)cn1. The summed E-state index contributed by atoms with van der Waals surface area (Å²) in [6.07, 6.45) is 2.92. The van der Waals surface area contributed by atoms with E-state index < -0.39 is 64.2 Å². The van der Waals surface area contributed by atoms with Crippen molar-refractivity contribution >= 4 is 69.2 Å². The number of Topliss-reactive ketones (excluding diaryl/α,β-unsaturated/α-hetero) is 1. The van der Waals surface area contributed by atoms with E-state index >= 15 is 0 Å². The Labute approximate surface area is 273 Å². The first-order valence-electron chi connectivity index (χ1n) is 13.5. The Hall–Kier alpha value is -5.69. The molecule has 3 aromatic rings. The maximum Gasteiger partial charge on any atom is 0.352 e. The van der Waals surface area contributed by atoms with Crippen LogP contribution in [0.2, 0.25) is 0 Å². The number of carbonyl (C=O) groups is 4. The van der Waals surface area contributed by atoms with Crippen LogP contribution in [0.25, 0.3) is 0 Å². The second kappa shape index (κ2) is 13.3. The number of carboxylic acid groups (broad SMARTS) is 2. The first-order chi connectivity index (χ1) is 22.3. The largest absolute Gasteiger partial charge is 0.504 e. The van der Waals surface area contributed by atoms with Gasteiger partial charge in [-0.3, -0.25) is 9.59 Å². The Morgan fingerprint density at radius 2 is 1.94 bits per heavy atom. The number of oxime groups is 1. The third-order valence-electron chi connectivity index (χ3n) is 7.23. The molecule has 1 aliphatic heterocycles. The topological polar surface area (TPSA) is 291 Å². The highest BCUT2D eigenvalue weighted by atomic mass is 32.2. The van der Waals surface area contributed by atoms with Crippen molar-refractivity contribution in [1.29, 1.82) is 0 Å². The monoisotopic (exact) mass is 683 g/mol. The normalized spacial score (nSPS) is 20.0. The summed E-state index contributed by atoms with van der Waals surface area (Å²) < 4.78 is 1.60. The number of aromatic hydroxyl groups is 2. The number of anilines is 3. The number of hydrogen-bond acceptors (Lipinski definition) is 15. The highest BCUT2D eigenvalue weighted by molar-refractivity contribution is 8.00. The van der Waals surface area contributed by atoms with Crippen LogP contribution in [0, 0.1) is 5.92 Å². The van der Waals surface area contributed by atoms with Crippen LogP contribution in [0.15, 0.2) is 64.4 Å². The van der Waals surface area contributed by atoms with Crippen molar-refractivity contribution in [2.24, 2.45) is 11.1 Å². The summed E-state index contributed by atoms with van der Waals surface area (Å²) in [5.74, 6) is -5.57. The number of aromatic nitrogens is 3. The smallest absolute Gasteiger partial charge is 0.352 e. The van der Waals surface area contributed by atoms with Crippen LogP contribution in [-0.2, 0) is 30.6 Å². The molecule has 244 valence electrons. The Bertz CT molecular complexity index is 1880. The van der Waals surface area contributed by atoms with Gasteiger partial charge < -0.3 is 47.8 Å². The number of allylic oxidation sites excluding steroid dienone is 2. The van der Waals surface area contributed by atoms with Crippen LogP contribution >= 0.6 is 23.1 Å². The summed E-state index contributed by atoms with van der Waals surface area (Å²) >= 11 is 2.25. The van der Waals surface area contributed by atoms with Gasteiger partial charge in [0.25, 0.3) is 5.91 Å². The molecule has 1 fully saturated rings. The molecule has 47 heavy (non-hydrogen) atoms. The van der Waals surface area contributed by atoms with E-state index in [4.69, 9.17) is 22.0 Å². The van der Waals surface area contributed by atoms with Gasteiger partial charge in [-0.1, -0.05) is 28.4 Å². The first-order valence-corrected chi connectivity index (χ1v) is 15.5. The summed E-state index contributed by atoms with van der Waals surface area (Å²) in [4.78, 5) is 64.2. The lowest BCUT2D eigenvalue weighted by molar-refractivity contribution is -0.675. The van der Waals surface area contributed by atoms with E-state index in [2.05, 4.69) is 20.4 Å². The summed E-state index contributed by atoms with van der Waals surface area (Å²) in [6.45, 7) is 0.267. The van der Waals surface area contributed by atoms with Crippen molar-refractivity contribution < 1.29 is 49.0 Å². The molecule has 1 amide bonds. The minimum atomic E-state index is -1.82. The molecule has 1 aromatic carbocycles. The highest BCUT2D eigenvalue weighted by Crippen LogP contribution is 2.46. The molecule has 3 heterocycles. The quantitative estimate of drug-likeness (QED) is 0.0570. The maximum absolute atomic E-state index is 13.5. The predicted molar refractivity (Wildman–Crippen MR) is 168 cm³/mol. The number of thiazole rings is 1. The van der Waals surface area contributed by atoms with Crippen LogP contribution in [0.1, 0.15) is 17.4 Å². The van der Waals surface area contributed by atoms with Gasteiger partial charge in [0.15, 0.2) is 28.1 Å². The number of ketones is 1. The number of aliphatic carboxylic acids is 2. The van der Waals surface area contributed by atoms with Crippen molar-refractivity contribution in [2.45, 2.75) is 23.9 Å². The number of fused-ring (bicyclic) bond motifs is 1. The number of hydrogen-bond donors (Lipinski definition) is 8. The van der Waals surface area contributed by atoms with Gasteiger partial charge in [0.2, 0.25) is 24.1 Å². The van der Waals surface area contributed by atoms with Crippen molar-refractivity contribution in [3.63, 3.8) is 0 Å². The van der Waals surface area contributed by atoms with E-state index in [0.717, 1.165) is 23.5 Å². The molecule has 0 radical (unpaired) electrons. The minimum Gasteiger partial charge on any atom is -0.504 e. The van der Waals surface area contributed by atoms with Gasteiger partial charge >= 0.3 is 11.9 Å². The van der Waals surface area contributed by atoms with E-state index in [1.54, 1.807) is 16.7 Å². The molecule has 1 unspecified atom stereocenters. The molecular weight excluding hydrogens is 656 g/mol. The van der Waals surface area contributed by atoms with Crippen LogP contribution in [0.3, 0.4) is 0 Å². The van der Waals surface area contributed by atoms with E-state index in [-0.39, 0.29) is 40.1 Å². The van der Waals surface area contributed by atoms with Gasteiger partial charge in [-0.25, -0.2) is 19.1 Å². The van der Waals surface area contributed by atoms with Crippen LogP contribution in [0.4, 0.5) is 16.8 Å². The Morgan fingerprint density at radius 1 is 1.17 bits per heavy atom. The second-order valence-corrected chi connectivity index (χ2v) is 12.3. The zero-order valence-corrected chi connectivity index (χ0v) is 25.6. The number of nitrogens with zero attached hydrogens (tertiary/aromatic N) is 4. The Balaban J connectivity index is 1.35. The number of phenolic OH excluding ortho intramolecular Hbond substituents is 2. The number of nitrogens with one attached hydrogen (secondary N) is 1. The van der Waals surface area contributed by atoms with Gasteiger partial charge in [-0.15, -0.1) is 11.3 Å². The average molecular weight is 684 g/mol. The third-order valence-corrected chi connectivity index (χ3v) is 9.31. The summed E-state index contributed by atoms with van der Waals surface area (Å²) in [5.41, 5.74) is 16.9. The number of phenols is 2. The molecule has 2 aromatic heterocycles. The maximum atomic E-state index is 13.5. The predicted octanol–water partition coefficient (Wildman–Crippen LogP) is -0.0333. The molecule has 1 aliphatic carbocycles. The first kappa shape index (κ1) is 32.7. The van der Waals surface area contributed by atoms with Gasteiger partial charge in [0, 0.05) is 21.9 Å². The molecule has 17 nitrogen and oxygen atoms in total. The molecule has 2 aliphatic rings. The molecule has 0 spiro atoms. The minimum absolute atomic E-state index is 0.0620. The number of amides is 1. The van der Waals surface area contributed by atoms with E-state index in [1.807, 2.05) is 0 Å². The Morgan fingerprint density at radius 3 is 2.57 bits per heavy atom. The van der Waals surface area contributed by atoms with Gasteiger partial charge in [0.05, 0.1) is 24.1 Å². The standard InChI is InChI=1S/C28H26N8O9S2/c29-16-7-17(30)36(10-32-16)5-1-2-12-8-46-24-19(18(12)26(41)42)22(39)21(24)34-25(40)20(13-9-47-28(31)33-13)35-45-23(27(43)44)11-3-4-14(37)15(38)6-11/h1-4,6-7,9-10,19,21,23-24H,5,8H2,(H10,29,30,31,33,34,35,37,38,40,41,42,43,44)/p+1/b2-1+/t19?,21-,23+,24+/m1/s1. The highest BCUT2D eigenvalue weighted by Gasteiger charge is 2.56. The number of benzene rings is 1. The number of nitrogens with two attached hydrogens (primary N) is 3. The molecule has 11 N–H and O–H groups in total. The van der Waals surface area contributed by atoms with Gasteiger partial charge in [-0.2, -0.15) is 11.8 Å². The molecule has 0 saturated heterocycles. The van der Waals surface area contributed by atoms with Crippen LogP contribution < -0.4 is 27.1 Å². The average Bonchev–Trinajstić information content (AvgIpc) is 3.45. The molecule has 1 saturated carbocycles. The third kappa shape index (κ3) is 6.79. The number of carboxylic acids is 2. The molecule has 4 atom stereocenters. The van der Waals surface area contributed by atoms with Crippen molar-refractivity contribution in [2.75, 3.05) is 23.0 Å². The lowest BCUT2D eigenvalue weighted by atomic mass is 9.71. The van der Waals surface area contributed by atoms with Gasteiger partial charge in [-0.05, 0) is 17.7 Å². The summed E-state index contributed by atoms with van der Waals surface area (Å²) in [5, 5.41) is 46.2. The molecule has 5 rings (SSSR count). The number of carbonyl (C=O) groups excluding carboxylic acids is 2. The fourth-order valence-corrected chi connectivity index (χ4v) is 6.95. The van der Waals surface area contributed by atoms with E-state index in [9.17, 15) is 39.6 Å². The van der Waals surface area contributed by atoms with Crippen molar-refractivity contribution in [3.8, 4) is 11.5 Å². The van der Waals surface area contributed by atoms with E-state index in [0.29, 0.717) is 11.4 Å². The lowest BCUT2D eigenvalue weighted by Gasteiger charge is -2.45. The fraction of sp³-hybridized carbons (Fsp3) is 0.214. The molecule has 0 bridgehead atoms. The molecule has 19 heteroatoms. The fourth-order valence-electron chi connectivity index (χ4n) is 4.92. The Kier molecular flexibility index (Phi) is 9.29. The van der Waals surface area contributed by atoms with Crippen molar-refractivity contribution in [1.82, 2.24) is 15.3 Å². The zero-order valence-electron chi connectivity index (χ0n) is 24.0. The molecular formula is C28H27N8O9S2+. The van der Waals surface area contributed by atoms with Crippen LogP contribution in [-0.4, -0.2) is 76.8 Å².